The third kappa shape index (κ3) is 2.75. The molecule has 0 saturated heterocycles. The first kappa shape index (κ1) is 15.1. The van der Waals surface area contributed by atoms with Crippen molar-refractivity contribution in [1.82, 2.24) is 9.78 Å². The molecule has 1 aromatic carbocycles. The van der Waals surface area contributed by atoms with Crippen LogP contribution in [0.2, 0.25) is 0 Å². The zero-order valence-electron chi connectivity index (χ0n) is 12.7. The summed E-state index contributed by atoms with van der Waals surface area (Å²) in [6.07, 6.45) is 0. The molecule has 2 N–H and O–H groups in total. The van der Waals surface area contributed by atoms with Gasteiger partial charge in [-0.3, -0.25) is 0 Å². The second kappa shape index (κ2) is 5.24. The SMILES string of the molecule is Cc1nn(C(C)c2ccc(C(C)(C)C)cc2)c(N)c1Br. The summed E-state index contributed by atoms with van der Waals surface area (Å²) in [5, 5.41) is 4.50. The number of aromatic nitrogens is 2. The third-order valence-electron chi connectivity index (χ3n) is 3.67. The average Bonchev–Trinajstić information content (AvgIpc) is 2.65. The first-order chi connectivity index (χ1) is 9.21. The molecule has 0 aliphatic carbocycles. The van der Waals surface area contributed by atoms with Crippen molar-refractivity contribution in [2.75, 3.05) is 5.73 Å². The second-order valence-corrected chi connectivity index (χ2v) is 7.07. The van der Waals surface area contributed by atoms with Gasteiger partial charge >= 0.3 is 0 Å². The highest BCUT2D eigenvalue weighted by Crippen LogP contribution is 2.30. The molecule has 4 heteroatoms. The van der Waals surface area contributed by atoms with Gasteiger partial charge < -0.3 is 5.73 Å². The molecule has 0 aliphatic rings. The maximum atomic E-state index is 6.09. The molecule has 2 aromatic rings. The number of nitrogens with two attached hydrogens (primary N) is 1. The van der Waals surface area contributed by atoms with E-state index in [4.69, 9.17) is 5.73 Å². The zero-order valence-corrected chi connectivity index (χ0v) is 14.3. The molecule has 0 saturated carbocycles. The van der Waals surface area contributed by atoms with Crippen LogP contribution in [-0.2, 0) is 5.41 Å². The fourth-order valence-electron chi connectivity index (χ4n) is 2.24. The van der Waals surface area contributed by atoms with Gasteiger partial charge in [0.25, 0.3) is 0 Å². The Morgan fingerprint density at radius 3 is 2.15 bits per heavy atom. The molecule has 0 radical (unpaired) electrons. The predicted molar refractivity (Wildman–Crippen MR) is 88.0 cm³/mol. The molecule has 1 aromatic heterocycles. The van der Waals surface area contributed by atoms with Gasteiger partial charge in [-0.05, 0) is 46.3 Å². The lowest BCUT2D eigenvalue weighted by atomic mass is 9.86. The number of hydrogen-bond donors (Lipinski definition) is 1. The van der Waals surface area contributed by atoms with Crippen molar-refractivity contribution < 1.29 is 0 Å². The number of nitrogens with zero attached hydrogens (tertiary/aromatic N) is 2. The lowest BCUT2D eigenvalue weighted by Gasteiger charge is -2.20. The van der Waals surface area contributed by atoms with E-state index in [0.717, 1.165) is 10.2 Å². The van der Waals surface area contributed by atoms with Crippen LogP contribution in [0.1, 0.15) is 50.6 Å². The van der Waals surface area contributed by atoms with Crippen molar-refractivity contribution in [2.24, 2.45) is 0 Å². The molecule has 1 atom stereocenters. The summed E-state index contributed by atoms with van der Waals surface area (Å²) in [5.74, 6) is 0.676. The van der Waals surface area contributed by atoms with Crippen LogP contribution in [0.4, 0.5) is 5.82 Å². The van der Waals surface area contributed by atoms with Crippen molar-refractivity contribution in [1.29, 1.82) is 0 Å². The lowest BCUT2D eigenvalue weighted by molar-refractivity contribution is 0.565. The smallest absolute Gasteiger partial charge is 0.137 e. The number of nitrogen functional groups attached to an aromatic ring is 1. The fourth-order valence-corrected chi connectivity index (χ4v) is 2.50. The van der Waals surface area contributed by atoms with Crippen molar-refractivity contribution in [3.63, 3.8) is 0 Å². The maximum Gasteiger partial charge on any atom is 0.137 e. The molecule has 0 bridgehead atoms. The Morgan fingerprint density at radius 2 is 1.75 bits per heavy atom. The summed E-state index contributed by atoms with van der Waals surface area (Å²) >= 11 is 3.47. The minimum atomic E-state index is 0.119. The Balaban J connectivity index is 2.34. The van der Waals surface area contributed by atoms with Gasteiger partial charge in [-0.15, -0.1) is 0 Å². The van der Waals surface area contributed by atoms with Gasteiger partial charge in [-0.1, -0.05) is 45.0 Å². The number of rotatable bonds is 2. The molecule has 0 fully saturated rings. The Labute approximate surface area is 129 Å². The number of benzene rings is 1. The molecule has 1 heterocycles. The van der Waals surface area contributed by atoms with E-state index >= 15 is 0 Å². The summed E-state index contributed by atoms with van der Waals surface area (Å²) in [6.45, 7) is 10.7. The molecule has 0 amide bonds. The van der Waals surface area contributed by atoms with Gasteiger partial charge in [0.05, 0.1) is 16.2 Å². The summed E-state index contributed by atoms with van der Waals surface area (Å²) < 4.78 is 2.75. The normalized spacial score (nSPS) is 13.5. The molecule has 0 spiro atoms. The van der Waals surface area contributed by atoms with E-state index in [-0.39, 0.29) is 11.5 Å². The molecule has 3 nitrogen and oxygen atoms in total. The Bertz CT molecular complexity index is 606. The molecule has 2 rings (SSSR count). The Hall–Kier alpha value is -1.29. The maximum absolute atomic E-state index is 6.09. The van der Waals surface area contributed by atoms with E-state index in [2.05, 4.69) is 73.0 Å². The summed E-state index contributed by atoms with van der Waals surface area (Å²) in [6, 6.07) is 8.82. The minimum Gasteiger partial charge on any atom is -0.383 e. The number of aryl methyl sites for hydroxylation is 1. The van der Waals surface area contributed by atoms with Crippen molar-refractivity contribution in [3.8, 4) is 0 Å². The summed E-state index contributed by atoms with van der Waals surface area (Å²) in [5.41, 5.74) is 9.73. The molecular weight excluding hydrogens is 314 g/mol. The highest BCUT2D eigenvalue weighted by atomic mass is 79.9. The van der Waals surface area contributed by atoms with Gasteiger partial charge in [0.15, 0.2) is 0 Å². The van der Waals surface area contributed by atoms with Crippen LogP contribution in [0.15, 0.2) is 28.7 Å². The quantitative estimate of drug-likeness (QED) is 0.881. The third-order valence-corrected chi connectivity index (χ3v) is 4.65. The molecule has 108 valence electrons. The van der Waals surface area contributed by atoms with Gasteiger partial charge in [-0.25, -0.2) is 4.68 Å². The predicted octanol–water partition coefficient (Wildman–Crippen LogP) is 4.44. The van der Waals surface area contributed by atoms with Crippen LogP contribution in [0.25, 0.3) is 0 Å². The summed E-state index contributed by atoms with van der Waals surface area (Å²) in [4.78, 5) is 0. The second-order valence-electron chi connectivity index (χ2n) is 6.28. The van der Waals surface area contributed by atoms with Crippen molar-refractivity contribution in [3.05, 3.63) is 45.6 Å². The van der Waals surface area contributed by atoms with Crippen LogP contribution in [-0.4, -0.2) is 9.78 Å². The van der Waals surface area contributed by atoms with Crippen LogP contribution >= 0.6 is 15.9 Å². The zero-order chi connectivity index (χ0) is 15.1. The van der Waals surface area contributed by atoms with Crippen molar-refractivity contribution >= 4 is 21.7 Å². The standard InChI is InChI=1S/C16H22BrN3/c1-10-14(17)15(18)20(19-10)11(2)12-6-8-13(9-7-12)16(3,4)5/h6-9,11H,18H2,1-5H3. The minimum absolute atomic E-state index is 0.119. The largest absolute Gasteiger partial charge is 0.383 e. The Kier molecular flexibility index (Phi) is 3.96. The van der Waals surface area contributed by atoms with E-state index in [1.54, 1.807) is 0 Å². The average molecular weight is 336 g/mol. The topological polar surface area (TPSA) is 43.8 Å². The first-order valence-corrected chi connectivity index (χ1v) is 7.61. The monoisotopic (exact) mass is 335 g/mol. The van der Waals surface area contributed by atoms with E-state index in [9.17, 15) is 0 Å². The van der Waals surface area contributed by atoms with Gasteiger partial charge in [0.2, 0.25) is 0 Å². The number of halogens is 1. The fraction of sp³-hybridized carbons (Fsp3) is 0.438. The van der Waals surface area contributed by atoms with Crippen LogP contribution in [0.5, 0.6) is 0 Å². The van der Waals surface area contributed by atoms with Crippen molar-refractivity contribution in [2.45, 2.75) is 46.1 Å². The summed E-state index contributed by atoms with van der Waals surface area (Å²) in [7, 11) is 0. The van der Waals surface area contributed by atoms with E-state index < -0.39 is 0 Å². The van der Waals surface area contributed by atoms with Gasteiger partial charge in [0.1, 0.15) is 5.82 Å². The van der Waals surface area contributed by atoms with Crippen LogP contribution < -0.4 is 5.73 Å². The van der Waals surface area contributed by atoms with E-state index in [1.165, 1.54) is 11.1 Å². The van der Waals surface area contributed by atoms with E-state index in [1.807, 2.05) is 11.6 Å². The number of hydrogen-bond acceptors (Lipinski definition) is 2. The lowest BCUT2D eigenvalue weighted by Crippen LogP contribution is -2.13. The molecule has 1 unspecified atom stereocenters. The molecular formula is C16H22BrN3. The van der Waals surface area contributed by atoms with E-state index in [0.29, 0.717) is 5.82 Å². The molecule has 20 heavy (non-hydrogen) atoms. The van der Waals surface area contributed by atoms with Gasteiger partial charge in [0, 0.05) is 0 Å². The van der Waals surface area contributed by atoms with Crippen LogP contribution in [0.3, 0.4) is 0 Å². The Morgan fingerprint density at radius 1 is 1.20 bits per heavy atom. The van der Waals surface area contributed by atoms with Gasteiger partial charge in [-0.2, -0.15) is 5.10 Å². The first-order valence-electron chi connectivity index (χ1n) is 6.82. The number of anilines is 1. The van der Waals surface area contributed by atoms with Crippen LogP contribution in [0, 0.1) is 6.92 Å². The highest BCUT2D eigenvalue weighted by Gasteiger charge is 2.18. The highest BCUT2D eigenvalue weighted by molar-refractivity contribution is 9.10. The molecule has 0 aliphatic heterocycles.